The number of rotatable bonds is 4. The second-order valence-corrected chi connectivity index (χ2v) is 4.69. The van der Waals surface area contributed by atoms with Gasteiger partial charge in [-0.2, -0.15) is 0 Å². The van der Waals surface area contributed by atoms with E-state index in [1.807, 2.05) is 0 Å². The molecule has 2 rings (SSSR count). The predicted molar refractivity (Wildman–Crippen MR) is 80.5 cm³/mol. The van der Waals surface area contributed by atoms with Crippen molar-refractivity contribution in [2.75, 3.05) is 14.2 Å². The minimum absolute atomic E-state index is 0.0915. The van der Waals surface area contributed by atoms with E-state index >= 15 is 0 Å². The summed E-state index contributed by atoms with van der Waals surface area (Å²) in [6.45, 7) is 1.57. The van der Waals surface area contributed by atoms with E-state index in [4.69, 9.17) is 4.74 Å². The first-order chi connectivity index (χ1) is 10.9. The maximum Gasteiger partial charge on any atom is 0.340 e. The van der Waals surface area contributed by atoms with Crippen LogP contribution in [0, 0.1) is 10.1 Å². The number of carbonyl (C=O) groups excluding carboxylic acids is 2. The second kappa shape index (κ2) is 6.30. The molecule has 0 saturated carbocycles. The minimum atomic E-state index is -0.657. The summed E-state index contributed by atoms with van der Waals surface area (Å²) >= 11 is 0. The highest BCUT2D eigenvalue weighted by Crippen LogP contribution is 2.30. The lowest BCUT2D eigenvalue weighted by Gasteiger charge is -2.04. The number of methoxy groups -OCH3 is 2. The van der Waals surface area contributed by atoms with Crippen molar-refractivity contribution < 1.29 is 24.0 Å². The number of nitrogens with one attached hydrogen (secondary N) is 1. The van der Waals surface area contributed by atoms with E-state index in [-0.39, 0.29) is 22.6 Å². The summed E-state index contributed by atoms with van der Waals surface area (Å²) in [7, 11) is 2.54. The number of esters is 1. The van der Waals surface area contributed by atoms with Crippen molar-refractivity contribution in [3.63, 3.8) is 0 Å². The first kappa shape index (κ1) is 16.2. The Bertz CT molecular complexity index is 763. The SMILES string of the molecule is COC(=O)C1=C(C)NC(=O)/C1=C\c1ccc(OC)c([N+](=O)[O-])c1. The minimum Gasteiger partial charge on any atom is -0.490 e. The Labute approximate surface area is 131 Å². The molecule has 0 unspecified atom stereocenters. The summed E-state index contributed by atoms with van der Waals surface area (Å²) < 4.78 is 9.58. The van der Waals surface area contributed by atoms with Gasteiger partial charge < -0.3 is 14.8 Å². The molecule has 0 aliphatic carbocycles. The molecule has 1 N–H and O–H groups in total. The third-order valence-corrected chi connectivity index (χ3v) is 3.29. The number of ether oxygens (including phenoxy) is 2. The highest BCUT2D eigenvalue weighted by atomic mass is 16.6. The van der Waals surface area contributed by atoms with Crippen molar-refractivity contribution in [2.24, 2.45) is 0 Å². The van der Waals surface area contributed by atoms with Crippen molar-refractivity contribution >= 4 is 23.6 Å². The third kappa shape index (κ3) is 3.05. The van der Waals surface area contributed by atoms with Gasteiger partial charge in [0.1, 0.15) is 0 Å². The average molecular weight is 318 g/mol. The first-order valence-corrected chi connectivity index (χ1v) is 6.54. The highest BCUT2D eigenvalue weighted by Gasteiger charge is 2.30. The summed E-state index contributed by atoms with van der Waals surface area (Å²) in [6.07, 6.45) is 1.39. The number of nitro groups is 1. The maximum absolute atomic E-state index is 12.0. The number of amides is 1. The van der Waals surface area contributed by atoms with Crippen molar-refractivity contribution in [2.45, 2.75) is 6.92 Å². The van der Waals surface area contributed by atoms with Crippen LogP contribution in [-0.4, -0.2) is 31.0 Å². The van der Waals surface area contributed by atoms with Crippen molar-refractivity contribution in [1.82, 2.24) is 5.32 Å². The van der Waals surface area contributed by atoms with Crippen molar-refractivity contribution in [3.05, 3.63) is 50.7 Å². The standard InChI is InChI=1S/C15H14N2O6/c1-8-13(15(19)23-3)10(14(18)16-8)6-9-4-5-12(22-2)11(7-9)17(20)21/h4-7H,1-3H3,(H,16,18)/b10-6-. The van der Waals surface area contributed by atoms with Crippen LogP contribution in [0.4, 0.5) is 5.69 Å². The molecular weight excluding hydrogens is 304 g/mol. The lowest BCUT2D eigenvalue weighted by molar-refractivity contribution is -0.385. The Morgan fingerprint density at radius 3 is 2.61 bits per heavy atom. The van der Waals surface area contributed by atoms with Crippen LogP contribution < -0.4 is 10.1 Å². The van der Waals surface area contributed by atoms with Gasteiger partial charge >= 0.3 is 11.7 Å². The fourth-order valence-electron chi connectivity index (χ4n) is 2.22. The Kier molecular flexibility index (Phi) is 4.44. The molecule has 0 atom stereocenters. The molecule has 23 heavy (non-hydrogen) atoms. The van der Waals surface area contributed by atoms with Crippen LogP contribution in [0.15, 0.2) is 35.0 Å². The molecule has 0 saturated heterocycles. The fraction of sp³-hybridized carbons (Fsp3) is 0.200. The molecule has 0 fully saturated rings. The molecule has 8 heteroatoms. The smallest absolute Gasteiger partial charge is 0.340 e. The molecule has 0 radical (unpaired) electrons. The molecule has 1 aliphatic heterocycles. The number of nitrogens with zero attached hydrogens (tertiary/aromatic N) is 1. The van der Waals surface area contributed by atoms with Crippen LogP contribution >= 0.6 is 0 Å². The van der Waals surface area contributed by atoms with E-state index in [9.17, 15) is 19.7 Å². The van der Waals surface area contributed by atoms with Gasteiger partial charge in [-0.3, -0.25) is 14.9 Å². The number of allylic oxidation sites excluding steroid dienone is 1. The number of benzene rings is 1. The molecule has 1 amide bonds. The second-order valence-electron chi connectivity index (χ2n) is 4.69. The zero-order valence-electron chi connectivity index (χ0n) is 12.7. The van der Waals surface area contributed by atoms with Crippen LogP contribution in [-0.2, 0) is 14.3 Å². The van der Waals surface area contributed by atoms with Crippen molar-refractivity contribution in [1.29, 1.82) is 0 Å². The Balaban J connectivity index is 2.52. The molecule has 8 nitrogen and oxygen atoms in total. The number of hydrogen-bond donors (Lipinski definition) is 1. The molecule has 0 spiro atoms. The molecule has 120 valence electrons. The van der Waals surface area contributed by atoms with Gasteiger partial charge in [0.05, 0.1) is 30.3 Å². The van der Waals surface area contributed by atoms with E-state index < -0.39 is 16.8 Å². The van der Waals surface area contributed by atoms with E-state index in [0.29, 0.717) is 11.3 Å². The molecule has 0 bridgehead atoms. The highest BCUT2D eigenvalue weighted by molar-refractivity contribution is 6.16. The Hall–Kier alpha value is -3.16. The first-order valence-electron chi connectivity index (χ1n) is 6.54. The van der Waals surface area contributed by atoms with E-state index in [1.165, 1.54) is 32.4 Å². The van der Waals surface area contributed by atoms with Crippen LogP contribution in [0.2, 0.25) is 0 Å². The number of carbonyl (C=O) groups is 2. The maximum atomic E-state index is 12.0. The zero-order chi connectivity index (χ0) is 17.1. The molecule has 0 aromatic heterocycles. The summed E-state index contributed by atoms with van der Waals surface area (Å²) in [6, 6.07) is 4.24. The zero-order valence-corrected chi connectivity index (χ0v) is 12.7. The van der Waals surface area contributed by atoms with E-state index in [1.54, 1.807) is 13.0 Å². The normalized spacial score (nSPS) is 15.6. The number of nitro benzene ring substituents is 1. The topological polar surface area (TPSA) is 108 Å². The summed E-state index contributed by atoms with van der Waals surface area (Å²) in [5.74, 6) is -1.02. The molecule has 1 heterocycles. The largest absolute Gasteiger partial charge is 0.490 e. The van der Waals surface area contributed by atoms with E-state index in [2.05, 4.69) is 10.1 Å². The summed E-state index contributed by atoms with van der Waals surface area (Å²) in [5.41, 5.74) is 0.722. The van der Waals surface area contributed by atoms with Gasteiger partial charge in [-0.1, -0.05) is 6.07 Å². The molecular formula is C15H14N2O6. The lowest BCUT2D eigenvalue weighted by atomic mass is 10.0. The quantitative estimate of drug-likeness (QED) is 0.391. The lowest BCUT2D eigenvalue weighted by Crippen LogP contribution is -2.15. The Morgan fingerprint density at radius 2 is 2.04 bits per heavy atom. The van der Waals surface area contributed by atoms with Crippen LogP contribution in [0.3, 0.4) is 0 Å². The molecule has 1 aromatic rings. The number of hydrogen-bond acceptors (Lipinski definition) is 6. The van der Waals surface area contributed by atoms with Gasteiger partial charge in [0.15, 0.2) is 5.75 Å². The Morgan fingerprint density at radius 1 is 1.35 bits per heavy atom. The third-order valence-electron chi connectivity index (χ3n) is 3.29. The van der Waals surface area contributed by atoms with Gasteiger partial charge in [-0.15, -0.1) is 0 Å². The monoisotopic (exact) mass is 318 g/mol. The van der Waals surface area contributed by atoms with Crippen LogP contribution in [0.1, 0.15) is 12.5 Å². The average Bonchev–Trinajstić information content (AvgIpc) is 2.80. The van der Waals surface area contributed by atoms with Crippen molar-refractivity contribution in [3.8, 4) is 5.75 Å². The van der Waals surface area contributed by atoms with Gasteiger partial charge in [0.2, 0.25) is 0 Å². The van der Waals surface area contributed by atoms with E-state index in [0.717, 1.165) is 0 Å². The summed E-state index contributed by atoms with van der Waals surface area (Å²) in [5, 5.41) is 13.6. The predicted octanol–water partition coefficient (Wildman–Crippen LogP) is 1.56. The molecule has 1 aliphatic rings. The van der Waals surface area contributed by atoms with Gasteiger partial charge in [0.25, 0.3) is 5.91 Å². The van der Waals surface area contributed by atoms with Gasteiger partial charge in [0, 0.05) is 11.8 Å². The van der Waals surface area contributed by atoms with Gasteiger partial charge in [-0.25, -0.2) is 4.79 Å². The van der Waals surface area contributed by atoms with Gasteiger partial charge in [-0.05, 0) is 24.6 Å². The molecule has 1 aromatic carbocycles. The fourth-order valence-corrected chi connectivity index (χ4v) is 2.22. The van der Waals surface area contributed by atoms with Crippen LogP contribution in [0.5, 0.6) is 5.75 Å². The van der Waals surface area contributed by atoms with Crippen LogP contribution in [0.25, 0.3) is 6.08 Å². The summed E-state index contributed by atoms with van der Waals surface area (Å²) in [4.78, 5) is 34.2.